The first-order chi connectivity index (χ1) is 14.9. The Kier molecular flexibility index (Phi) is 14.2. The molecular weight excluding hydrogens is 435 g/mol. The summed E-state index contributed by atoms with van der Waals surface area (Å²) < 4.78 is 39.1. The molecule has 0 spiro atoms. The molecule has 0 atom stereocenters. The first kappa shape index (κ1) is 29.0. The van der Waals surface area contributed by atoms with Gasteiger partial charge in [0.05, 0.1) is 0 Å². The van der Waals surface area contributed by atoms with Gasteiger partial charge in [0.25, 0.3) is 10.1 Å². The number of hydrogen-bond donors (Lipinski definition) is 1. The fourth-order valence-electron chi connectivity index (χ4n) is 3.68. The average Bonchev–Trinajstić information content (AvgIpc) is 2.73. The summed E-state index contributed by atoms with van der Waals surface area (Å²) in [5, 5.41) is 11.3. The average molecular weight is 471 g/mol. The summed E-state index contributed by atoms with van der Waals surface area (Å²) in [5.41, 5.74) is 0.734. The van der Waals surface area contributed by atoms with E-state index in [1.165, 1.54) is 81.7 Å². The van der Waals surface area contributed by atoms with Gasteiger partial charge in [-0.15, -0.1) is 5.75 Å². The van der Waals surface area contributed by atoms with Crippen LogP contribution in [0.3, 0.4) is 0 Å². The van der Waals surface area contributed by atoms with Gasteiger partial charge in [0.15, 0.2) is 5.75 Å². The third kappa shape index (κ3) is 10.7. The third-order valence-corrected chi connectivity index (χ3v) is 6.31. The van der Waals surface area contributed by atoms with E-state index in [9.17, 15) is 18.1 Å². The SMILES string of the molecule is CCCCCCCCCCCCCc1cccc(S(=O)(=O)O)c1Oc1ccc([O-])cc1.[Na+]. The molecule has 2 aromatic rings. The van der Waals surface area contributed by atoms with Crippen LogP contribution < -0.4 is 39.4 Å². The van der Waals surface area contributed by atoms with E-state index in [1.54, 1.807) is 6.07 Å². The number of aryl methyl sites for hydroxylation is 1. The second kappa shape index (κ2) is 15.7. The van der Waals surface area contributed by atoms with Crippen molar-refractivity contribution < 1.29 is 52.4 Å². The summed E-state index contributed by atoms with van der Waals surface area (Å²) in [6, 6.07) is 10.5. The van der Waals surface area contributed by atoms with Crippen molar-refractivity contribution in [2.45, 2.75) is 88.9 Å². The normalized spacial score (nSPS) is 11.2. The van der Waals surface area contributed by atoms with E-state index < -0.39 is 10.1 Å². The zero-order valence-corrected chi connectivity index (χ0v) is 22.3. The predicted octanol–water partition coefficient (Wildman–Crippen LogP) is 3.66. The van der Waals surface area contributed by atoms with E-state index in [0.717, 1.165) is 24.8 Å². The molecule has 2 rings (SSSR count). The number of hydrogen-bond acceptors (Lipinski definition) is 4. The minimum Gasteiger partial charge on any atom is -0.872 e. The van der Waals surface area contributed by atoms with Crippen molar-refractivity contribution in [3.05, 3.63) is 48.0 Å². The Labute approximate surface area is 215 Å². The van der Waals surface area contributed by atoms with Crippen LogP contribution in [0.4, 0.5) is 0 Å². The van der Waals surface area contributed by atoms with Crippen molar-refractivity contribution in [2.75, 3.05) is 0 Å². The van der Waals surface area contributed by atoms with Crippen LogP contribution in [-0.4, -0.2) is 13.0 Å². The van der Waals surface area contributed by atoms with Crippen LogP contribution in [-0.2, 0) is 16.5 Å². The maximum Gasteiger partial charge on any atom is 1.00 e. The topological polar surface area (TPSA) is 86.7 Å². The van der Waals surface area contributed by atoms with Crippen LogP contribution in [0, 0.1) is 0 Å². The predicted molar refractivity (Wildman–Crippen MR) is 122 cm³/mol. The van der Waals surface area contributed by atoms with Gasteiger partial charge >= 0.3 is 29.6 Å². The molecule has 5 nitrogen and oxygen atoms in total. The molecule has 0 heterocycles. The fourth-order valence-corrected chi connectivity index (χ4v) is 4.34. The van der Waals surface area contributed by atoms with E-state index >= 15 is 0 Å². The van der Waals surface area contributed by atoms with Crippen LogP contribution in [0.2, 0.25) is 0 Å². The molecule has 0 radical (unpaired) electrons. The van der Waals surface area contributed by atoms with E-state index in [2.05, 4.69) is 6.92 Å². The van der Waals surface area contributed by atoms with Gasteiger partial charge in [0.1, 0.15) is 10.6 Å². The van der Waals surface area contributed by atoms with Crippen molar-refractivity contribution in [3.63, 3.8) is 0 Å². The summed E-state index contributed by atoms with van der Waals surface area (Å²) in [6.45, 7) is 2.24. The third-order valence-electron chi connectivity index (χ3n) is 5.43. The van der Waals surface area contributed by atoms with Crippen molar-refractivity contribution in [1.29, 1.82) is 0 Å². The second-order valence-electron chi connectivity index (χ2n) is 8.08. The van der Waals surface area contributed by atoms with Gasteiger partial charge in [0, 0.05) is 0 Å². The quantitative estimate of drug-likeness (QED) is 0.244. The Hall–Kier alpha value is -1.05. The van der Waals surface area contributed by atoms with Crippen molar-refractivity contribution in [2.24, 2.45) is 0 Å². The minimum absolute atomic E-state index is 0. The monoisotopic (exact) mass is 470 g/mol. The molecular formula is C25H35NaO5S. The molecule has 1 N–H and O–H groups in total. The van der Waals surface area contributed by atoms with Gasteiger partial charge in [-0.2, -0.15) is 8.42 Å². The van der Waals surface area contributed by atoms with Gasteiger partial charge in [-0.1, -0.05) is 95.4 Å². The molecule has 2 aromatic carbocycles. The zero-order valence-electron chi connectivity index (χ0n) is 19.5. The second-order valence-corrected chi connectivity index (χ2v) is 9.47. The first-order valence-corrected chi connectivity index (χ1v) is 12.9. The van der Waals surface area contributed by atoms with E-state index in [1.807, 2.05) is 6.07 Å². The molecule has 0 unspecified atom stereocenters. The summed E-state index contributed by atoms with van der Waals surface area (Å²) in [5.74, 6) is 0.336. The Morgan fingerprint density at radius 2 is 1.34 bits per heavy atom. The van der Waals surface area contributed by atoms with Gasteiger partial charge in [0.2, 0.25) is 0 Å². The molecule has 0 amide bonds. The fraction of sp³-hybridized carbons (Fsp3) is 0.520. The van der Waals surface area contributed by atoms with Crippen LogP contribution in [0.5, 0.6) is 17.2 Å². The molecule has 7 heteroatoms. The Morgan fingerprint density at radius 1 is 0.812 bits per heavy atom. The zero-order chi connectivity index (χ0) is 22.5. The standard InChI is InChI=1S/C25H36O5S.Na/c1-2-3-4-5-6-7-8-9-10-11-12-14-21-15-13-16-24(31(27,28)29)25(21)30-23-19-17-22(26)18-20-23;/h13,15-20,26H,2-12,14H2,1H3,(H,27,28,29);/q;+1/p-1. The molecule has 0 fully saturated rings. The van der Waals surface area contributed by atoms with Crippen LogP contribution in [0.1, 0.15) is 83.1 Å². The number of unbranched alkanes of at least 4 members (excludes halogenated alkanes) is 10. The molecule has 0 aromatic heterocycles. The first-order valence-electron chi connectivity index (χ1n) is 11.5. The molecule has 0 saturated heterocycles. The molecule has 32 heavy (non-hydrogen) atoms. The van der Waals surface area contributed by atoms with E-state index in [-0.39, 0.29) is 46.0 Å². The Balaban J connectivity index is 0.00000512. The van der Waals surface area contributed by atoms with Crippen LogP contribution in [0.25, 0.3) is 0 Å². The number of rotatable bonds is 15. The summed E-state index contributed by atoms with van der Waals surface area (Å²) >= 11 is 0. The molecule has 172 valence electrons. The Bertz CT molecular complexity index is 882. The molecule has 0 aliphatic carbocycles. The molecule has 0 bridgehead atoms. The maximum atomic E-state index is 11.8. The number of ether oxygens (including phenoxy) is 1. The van der Waals surface area contributed by atoms with E-state index in [0.29, 0.717) is 12.2 Å². The van der Waals surface area contributed by atoms with Crippen molar-refractivity contribution in [1.82, 2.24) is 0 Å². The maximum absolute atomic E-state index is 11.8. The van der Waals surface area contributed by atoms with E-state index in [4.69, 9.17) is 4.74 Å². The van der Waals surface area contributed by atoms with Crippen molar-refractivity contribution >= 4 is 10.1 Å². The molecule has 0 aliphatic heterocycles. The summed E-state index contributed by atoms with van der Waals surface area (Å²) in [4.78, 5) is -0.251. The Morgan fingerprint density at radius 3 is 1.88 bits per heavy atom. The summed E-state index contributed by atoms with van der Waals surface area (Å²) in [7, 11) is -4.43. The smallest absolute Gasteiger partial charge is 0.872 e. The van der Waals surface area contributed by atoms with Gasteiger partial charge in [-0.3, -0.25) is 4.55 Å². The largest absolute Gasteiger partial charge is 1.00 e. The number of benzene rings is 2. The van der Waals surface area contributed by atoms with Crippen molar-refractivity contribution in [3.8, 4) is 17.2 Å². The van der Waals surface area contributed by atoms with Gasteiger partial charge in [-0.25, -0.2) is 0 Å². The molecule has 0 saturated carbocycles. The number of para-hydroxylation sites is 1. The molecule has 0 aliphatic rings. The summed E-state index contributed by atoms with van der Waals surface area (Å²) in [6.07, 6.45) is 14.3. The van der Waals surface area contributed by atoms with Gasteiger partial charge < -0.3 is 9.84 Å². The van der Waals surface area contributed by atoms with Gasteiger partial charge in [-0.05, 0) is 36.6 Å². The minimum atomic E-state index is -4.43. The van der Waals surface area contributed by atoms with Crippen LogP contribution in [0.15, 0.2) is 47.4 Å². The van der Waals surface area contributed by atoms with Crippen LogP contribution >= 0.6 is 0 Å².